The molecule has 1 aliphatic heterocycles. The van der Waals surface area contributed by atoms with Crippen molar-refractivity contribution in [2.75, 3.05) is 25.0 Å². The molecule has 2 unspecified atom stereocenters. The van der Waals surface area contributed by atoms with Crippen molar-refractivity contribution in [1.29, 1.82) is 5.26 Å². The van der Waals surface area contributed by atoms with Crippen LogP contribution in [0.3, 0.4) is 0 Å². The van der Waals surface area contributed by atoms with E-state index in [9.17, 15) is 5.11 Å². The fraction of sp³-hybridized carbons (Fsp3) is 0.360. The number of nitriles is 1. The smallest absolute Gasteiger partial charge is 0.0991 e. The monoisotopic (exact) mass is 415 g/mol. The van der Waals surface area contributed by atoms with Gasteiger partial charge in [-0.25, -0.2) is 4.98 Å². The SMILES string of the molecule is Cc1cccc(NC2(CO)CCN(Cc3cnc[nH]3)CC2Cc2ccc(C#N)cc2)c1. The number of aliphatic hydroxyl groups is 1. The number of piperidine rings is 1. The van der Waals surface area contributed by atoms with Gasteiger partial charge in [-0.15, -0.1) is 0 Å². The molecule has 2 heterocycles. The third kappa shape index (κ3) is 4.96. The summed E-state index contributed by atoms with van der Waals surface area (Å²) in [5.74, 6) is 0.197. The van der Waals surface area contributed by atoms with Gasteiger partial charge in [0.15, 0.2) is 0 Å². The van der Waals surface area contributed by atoms with Crippen molar-refractivity contribution >= 4 is 5.69 Å². The van der Waals surface area contributed by atoms with Crippen LogP contribution in [-0.2, 0) is 13.0 Å². The molecule has 160 valence electrons. The van der Waals surface area contributed by atoms with Crippen molar-refractivity contribution in [2.45, 2.75) is 31.8 Å². The molecule has 4 rings (SSSR count). The van der Waals surface area contributed by atoms with Crippen molar-refractivity contribution in [1.82, 2.24) is 14.9 Å². The Morgan fingerprint density at radius 2 is 2.13 bits per heavy atom. The largest absolute Gasteiger partial charge is 0.394 e. The number of nitrogens with one attached hydrogen (secondary N) is 2. The molecule has 2 atom stereocenters. The number of nitrogens with zero attached hydrogens (tertiary/aromatic N) is 3. The highest BCUT2D eigenvalue weighted by Crippen LogP contribution is 2.35. The first-order valence-corrected chi connectivity index (χ1v) is 10.7. The van der Waals surface area contributed by atoms with Gasteiger partial charge in [0.25, 0.3) is 0 Å². The standard InChI is InChI=1S/C25H29N5O/c1-19-3-2-4-23(11-19)29-25(17-31)9-10-30(16-24-14-27-18-28-24)15-22(25)12-20-5-7-21(13-26)8-6-20/h2-8,11,14,18,22,29,31H,9-10,12,15-17H2,1H3,(H,27,28). The molecule has 1 aliphatic rings. The molecule has 3 N–H and O–H groups in total. The van der Waals surface area contributed by atoms with E-state index in [1.165, 1.54) is 11.1 Å². The number of rotatable bonds is 7. The fourth-order valence-corrected chi connectivity index (χ4v) is 4.58. The number of hydrogen-bond donors (Lipinski definition) is 3. The van der Waals surface area contributed by atoms with E-state index in [-0.39, 0.29) is 12.5 Å². The van der Waals surface area contributed by atoms with Gasteiger partial charge in [-0.1, -0.05) is 24.3 Å². The highest BCUT2D eigenvalue weighted by molar-refractivity contribution is 5.48. The van der Waals surface area contributed by atoms with E-state index < -0.39 is 5.54 Å². The summed E-state index contributed by atoms with van der Waals surface area (Å²) in [6.45, 7) is 4.72. The van der Waals surface area contributed by atoms with Crippen LogP contribution in [0, 0.1) is 24.2 Å². The lowest BCUT2D eigenvalue weighted by molar-refractivity contribution is 0.0590. The van der Waals surface area contributed by atoms with E-state index in [1.54, 1.807) is 6.33 Å². The average Bonchev–Trinajstić information content (AvgIpc) is 3.29. The van der Waals surface area contributed by atoms with E-state index in [4.69, 9.17) is 5.26 Å². The maximum absolute atomic E-state index is 10.6. The first kappa shape index (κ1) is 21.1. The van der Waals surface area contributed by atoms with Crippen molar-refractivity contribution in [3.05, 3.63) is 83.4 Å². The van der Waals surface area contributed by atoms with Gasteiger partial charge < -0.3 is 15.4 Å². The Kier molecular flexibility index (Phi) is 6.36. The molecule has 3 aromatic rings. The van der Waals surface area contributed by atoms with Gasteiger partial charge in [0.1, 0.15) is 0 Å². The number of benzene rings is 2. The molecular weight excluding hydrogens is 386 g/mol. The summed E-state index contributed by atoms with van der Waals surface area (Å²) in [5.41, 5.74) is 4.77. The molecule has 0 radical (unpaired) electrons. The van der Waals surface area contributed by atoms with Crippen LogP contribution < -0.4 is 5.32 Å². The molecule has 6 heteroatoms. The lowest BCUT2D eigenvalue weighted by Gasteiger charge is -2.48. The number of aromatic nitrogens is 2. The van der Waals surface area contributed by atoms with E-state index >= 15 is 0 Å². The van der Waals surface area contributed by atoms with Crippen LogP contribution in [-0.4, -0.2) is 45.2 Å². The van der Waals surface area contributed by atoms with Crippen LogP contribution in [0.25, 0.3) is 0 Å². The fourth-order valence-electron chi connectivity index (χ4n) is 4.58. The van der Waals surface area contributed by atoms with Crippen LogP contribution in [0.2, 0.25) is 0 Å². The average molecular weight is 416 g/mol. The van der Waals surface area contributed by atoms with Crippen LogP contribution in [0.4, 0.5) is 5.69 Å². The minimum Gasteiger partial charge on any atom is -0.394 e. The number of likely N-dealkylation sites (tertiary alicyclic amines) is 1. The molecule has 31 heavy (non-hydrogen) atoms. The Hall–Kier alpha value is -3.14. The van der Waals surface area contributed by atoms with Gasteiger partial charge in [0.05, 0.1) is 30.1 Å². The van der Waals surface area contributed by atoms with Crippen molar-refractivity contribution < 1.29 is 5.11 Å². The van der Waals surface area contributed by atoms with Gasteiger partial charge in [-0.2, -0.15) is 5.26 Å². The lowest BCUT2D eigenvalue weighted by atomic mass is 9.74. The summed E-state index contributed by atoms with van der Waals surface area (Å²) in [6.07, 6.45) is 5.25. The maximum Gasteiger partial charge on any atom is 0.0991 e. The van der Waals surface area contributed by atoms with E-state index in [2.05, 4.69) is 51.4 Å². The molecule has 0 bridgehead atoms. The van der Waals surface area contributed by atoms with Crippen LogP contribution in [0.5, 0.6) is 0 Å². The molecule has 1 fully saturated rings. The normalized spacial score (nSPS) is 21.5. The van der Waals surface area contributed by atoms with Crippen molar-refractivity contribution in [3.8, 4) is 6.07 Å². The zero-order valence-electron chi connectivity index (χ0n) is 17.9. The zero-order valence-corrected chi connectivity index (χ0v) is 17.9. The molecular formula is C25H29N5O. The quantitative estimate of drug-likeness (QED) is 0.550. The second kappa shape index (κ2) is 9.34. The number of imidazole rings is 1. The number of aryl methyl sites for hydroxylation is 1. The number of H-pyrrole nitrogens is 1. The Bertz CT molecular complexity index is 1020. The first-order valence-electron chi connectivity index (χ1n) is 10.7. The lowest BCUT2D eigenvalue weighted by Crippen LogP contribution is -2.59. The summed E-state index contributed by atoms with van der Waals surface area (Å²) in [4.78, 5) is 9.76. The zero-order chi connectivity index (χ0) is 21.7. The summed E-state index contributed by atoms with van der Waals surface area (Å²) >= 11 is 0. The summed E-state index contributed by atoms with van der Waals surface area (Å²) < 4.78 is 0. The Balaban J connectivity index is 1.59. The molecule has 0 aliphatic carbocycles. The maximum atomic E-state index is 10.6. The predicted octanol–water partition coefficient (Wildman–Crippen LogP) is 3.50. The Morgan fingerprint density at radius 3 is 2.81 bits per heavy atom. The Labute approximate surface area is 183 Å². The molecule has 6 nitrogen and oxygen atoms in total. The molecule has 1 aromatic heterocycles. The topological polar surface area (TPSA) is 88.0 Å². The van der Waals surface area contributed by atoms with E-state index in [1.807, 2.05) is 36.5 Å². The third-order valence-corrected chi connectivity index (χ3v) is 6.34. The molecule has 2 aromatic carbocycles. The summed E-state index contributed by atoms with van der Waals surface area (Å²) in [5, 5.41) is 23.4. The van der Waals surface area contributed by atoms with Crippen molar-refractivity contribution in [2.24, 2.45) is 5.92 Å². The van der Waals surface area contributed by atoms with Gasteiger partial charge in [0, 0.05) is 43.1 Å². The third-order valence-electron chi connectivity index (χ3n) is 6.34. The van der Waals surface area contributed by atoms with Crippen LogP contribution >= 0.6 is 0 Å². The highest BCUT2D eigenvalue weighted by atomic mass is 16.3. The summed E-state index contributed by atoms with van der Waals surface area (Å²) in [6, 6.07) is 18.3. The molecule has 0 saturated carbocycles. The number of anilines is 1. The van der Waals surface area contributed by atoms with Gasteiger partial charge >= 0.3 is 0 Å². The summed E-state index contributed by atoms with van der Waals surface area (Å²) in [7, 11) is 0. The number of hydrogen-bond acceptors (Lipinski definition) is 5. The van der Waals surface area contributed by atoms with E-state index in [0.29, 0.717) is 5.56 Å². The number of aromatic amines is 1. The van der Waals surface area contributed by atoms with Crippen LogP contribution in [0.15, 0.2) is 61.1 Å². The van der Waals surface area contributed by atoms with Crippen molar-refractivity contribution in [3.63, 3.8) is 0 Å². The Morgan fingerprint density at radius 1 is 1.29 bits per heavy atom. The number of aliphatic hydroxyl groups excluding tert-OH is 1. The second-order valence-electron chi connectivity index (χ2n) is 8.58. The molecule has 0 amide bonds. The predicted molar refractivity (Wildman–Crippen MR) is 121 cm³/mol. The van der Waals surface area contributed by atoms with Gasteiger partial charge in [-0.3, -0.25) is 4.90 Å². The second-order valence-corrected chi connectivity index (χ2v) is 8.58. The first-order chi connectivity index (χ1) is 15.1. The van der Waals surface area contributed by atoms with Crippen LogP contribution in [0.1, 0.15) is 28.8 Å². The molecule has 1 saturated heterocycles. The molecule has 0 spiro atoms. The minimum atomic E-state index is -0.411. The van der Waals surface area contributed by atoms with Gasteiger partial charge in [-0.05, 0) is 55.2 Å². The highest BCUT2D eigenvalue weighted by Gasteiger charge is 2.42. The minimum absolute atomic E-state index is 0.0692. The van der Waals surface area contributed by atoms with E-state index in [0.717, 1.165) is 43.9 Å². The van der Waals surface area contributed by atoms with Gasteiger partial charge in [0.2, 0.25) is 0 Å².